The van der Waals surface area contributed by atoms with Gasteiger partial charge in [0.2, 0.25) is 0 Å². The SMILES string of the molecule is NS(=O)(=O)Nc1cccc(N2CCNC2=O)c1. The van der Waals surface area contributed by atoms with Crippen molar-refractivity contribution in [1.82, 2.24) is 5.32 Å². The predicted octanol–water partition coefficient (Wildman–Crippen LogP) is -0.168. The normalized spacial score (nSPS) is 15.8. The van der Waals surface area contributed by atoms with Crippen LogP contribution in [0.4, 0.5) is 16.2 Å². The number of rotatable bonds is 3. The third-order valence-electron chi connectivity index (χ3n) is 2.27. The molecule has 1 aliphatic heterocycles. The van der Waals surface area contributed by atoms with E-state index in [-0.39, 0.29) is 6.03 Å². The molecule has 7 nitrogen and oxygen atoms in total. The Labute approximate surface area is 98.8 Å². The molecule has 92 valence electrons. The summed E-state index contributed by atoms with van der Waals surface area (Å²) in [6.07, 6.45) is 0. The third kappa shape index (κ3) is 2.86. The van der Waals surface area contributed by atoms with Crippen molar-refractivity contribution < 1.29 is 13.2 Å². The van der Waals surface area contributed by atoms with Gasteiger partial charge in [0.1, 0.15) is 0 Å². The molecule has 1 fully saturated rings. The fraction of sp³-hybridized carbons (Fsp3) is 0.222. The van der Waals surface area contributed by atoms with Crippen molar-refractivity contribution in [3.8, 4) is 0 Å². The summed E-state index contributed by atoms with van der Waals surface area (Å²) >= 11 is 0. The van der Waals surface area contributed by atoms with E-state index in [2.05, 4.69) is 10.0 Å². The molecule has 8 heteroatoms. The van der Waals surface area contributed by atoms with Gasteiger partial charge in [0, 0.05) is 18.8 Å². The third-order valence-corrected chi connectivity index (χ3v) is 2.79. The standard InChI is InChI=1S/C9H12N4O3S/c10-17(15,16)12-7-2-1-3-8(6-7)13-5-4-11-9(13)14/h1-3,6,12H,4-5H2,(H,11,14)(H2,10,15,16). The molecule has 0 spiro atoms. The van der Waals surface area contributed by atoms with E-state index >= 15 is 0 Å². The molecular formula is C9H12N4O3S. The topological polar surface area (TPSA) is 105 Å². The lowest BCUT2D eigenvalue weighted by Crippen LogP contribution is -2.28. The number of hydrogen-bond donors (Lipinski definition) is 3. The van der Waals surface area contributed by atoms with Crippen molar-refractivity contribution in [3.05, 3.63) is 24.3 Å². The van der Waals surface area contributed by atoms with Crippen molar-refractivity contribution in [1.29, 1.82) is 0 Å². The van der Waals surface area contributed by atoms with Crippen LogP contribution in [0.1, 0.15) is 0 Å². The Morgan fingerprint density at radius 2 is 2.18 bits per heavy atom. The second kappa shape index (κ2) is 4.22. The van der Waals surface area contributed by atoms with Crippen LogP contribution >= 0.6 is 0 Å². The number of amides is 2. The smallest absolute Gasteiger partial charge is 0.321 e. The lowest BCUT2D eigenvalue weighted by molar-refractivity contribution is 0.252. The number of carbonyl (C=O) groups excluding carboxylic acids is 1. The van der Waals surface area contributed by atoms with Gasteiger partial charge in [0.05, 0.1) is 5.69 Å². The molecule has 1 aromatic rings. The van der Waals surface area contributed by atoms with Gasteiger partial charge in [-0.25, -0.2) is 9.93 Å². The molecule has 1 saturated heterocycles. The summed E-state index contributed by atoms with van der Waals surface area (Å²) in [4.78, 5) is 12.9. The molecule has 4 N–H and O–H groups in total. The van der Waals surface area contributed by atoms with Gasteiger partial charge in [-0.05, 0) is 18.2 Å². The summed E-state index contributed by atoms with van der Waals surface area (Å²) in [7, 11) is -3.80. The Bertz CT molecular complexity index is 543. The summed E-state index contributed by atoms with van der Waals surface area (Å²) < 4.78 is 23.9. The number of urea groups is 1. The first-order chi connectivity index (χ1) is 7.96. The van der Waals surface area contributed by atoms with E-state index in [0.717, 1.165) is 0 Å². The van der Waals surface area contributed by atoms with Gasteiger partial charge in [-0.1, -0.05) is 6.07 Å². The van der Waals surface area contributed by atoms with E-state index in [4.69, 9.17) is 5.14 Å². The summed E-state index contributed by atoms with van der Waals surface area (Å²) in [5.41, 5.74) is 0.943. The molecule has 0 unspecified atom stereocenters. The zero-order valence-corrected chi connectivity index (χ0v) is 9.70. The highest BCUT2D eigenvalue weighted by atomic mass is 32.2. The van der Waals surface area contributed by atoms with Gasteiger partial charge in [-0.15, -0.1) is 0 Å². The Kier molecular flexibility index (Phi) is 2.90. The Morgan fingerprint density at radius 3 is 2.76 bits per heavy atom. The number of benzene rings is 1. The van der Waals surface area contributed by atoms with Gasteiger partial charge in [0.15, 0.2) is 0 Å². The predicted molar refractivity (Wildman–Crippen MR) is 63.9 cm³/mol. The van der Waals surface area contributed by atoms with Gasteiger partial charge >= 0.3 is 6.03 Å². The number of nitrogens with one attached hydrogen (secondary N) is 2. The Hall–Kier alpha value is -1.80. The molecule has 1 heterocycles. The van der Waals surface area contributed by atoms with Crippen LogP contribution in [0.2, 0.25) is 0 Å². The number of carbonyl (C=O) groups is 1. The average molecular weight is 256 g/mol. The Balaban J connectivity index is 2.25. The molecule has 0 aliphatic carbocycles. The number of nitrogens with zero attached hydrogens (tertiary/aromatic N) is 1. The molecule has 0 saturated carbocycles. The maximum atomic E-state index is 11.4. The van der Waals surface area contributed by atoms with Crippen LogP contribution in [-0.4, -0.2) is 27.5 Å². The van der Waals surface area contributed by atoms with E-state index in [1.807, 2.05) is 0 Å². The minimum Gasteiger partial charge on any atom is -0.336 e. The molecule has 1 aliphatic rings. The van der Waals surface area contributed by atoms with Crippen LogP contribution in [-0.2, 0) is 10.2 Å². The van der Waals surface area contributed by atoms with Gasteiger partial charge < -0.3 is 5.32 Å². The first kappa shape index (κ1) is 11.7. The zero-order chi connectivity index (χ0) is 12.5. The number of nitrogens with two attached hydrogens (primary N) is 1. The lowest BCUT2D eigenvalue weighted by Gasteiger charge is -2.15. The van der Waals surface area contributed by atoms with E-state index < -0.39 is 10.2 Å². The molecule has 0 radical (unpaired) electrons. The average Bonchev–Trinajstić information content (AvgIpc) is 2.62. The van der Waals surface area contributed by atoms with Crippen molar-refractivity contribution >= 4 is 27.6 Å². The number of anilines is 2. The monoisotopic (exact) mass is 256 g/mol. The minimum absolute atomic E-state index is 0.197. The van der Waals surface area contributed by atoms with Crippen LogP contribution in [0.3, 0.4) is 0 Å². The summed E-state index contributed by atoms with van der Waals surface area (Å²) in [5, 5.41) is 7.53. The maximum absolute atomic E-state index is 11.4. The summed E-state index contributed by atoms with van der Waals surface area (Å²) in [6, 6.07) is 6.28. The van der Waals surface area contributed by atoms with Crippen molar-refractivity contribution in [2.75, 3.05) is 22.7 Å². The van der Waals surface area contributed by atoms with Gasteiger partial charge in [-0.2, -0.15) is 8.42 Å². The van der Waals surface area contributed by atoms with Crippen LogP contribution in [0.25, 0.3) is 0 Å². The second-order valence-corrected chi connectivity index (χ2v) is 4.88. The number of hydrogen-bond acceptors (Lipinski definition) is 3. The molecule has 0 aromatic heterocycles. The van der Waals surface area contributed by atoms with Crippen LogP contribution in [0, 0.1) is 0 Å². The zero-order valence-electron chi connectivity index (χ0n) is 8.88. The molecule has 1 aromatic carbocycles. The molecular weight excluding hydrogens is 244 g/mol. The lowest BCUT2D eigenvalue weighted by atomic mass is 10.2. The minimum atomic E-state index is -3.80. The first-order valence-corrected chi connectivity index (χ1v) is 6.46. The maximum Gasteiger partial charge on any atom is 0.321 e. The van der Waals surface area contributed by atoms with Crippen molar-refractivity contribution in [2.24, 2.45) is 5.14 Å². The highest BCUT2D eigenvalue weighted by Gasteiger charge is 2.21. The summed E-state index contributed by atoms with van der Waals surface area (Å²) in [6.45, 7) is 1.13. The summed E-state index contributed by atoms with van der Waals surface area (Å²) in [5.74, 6) is 0. The molecule has 17 heavy (non-hydrogen) atoms. The quantitative estimate of drug-likeness (QED) is 0.699. The highest BCUT2D eigenvalue weighted by Crippen LogP contribution is 2.21. The van der Waals surface area contributed by atoms with Gasteiger partial charge in [0.25, 0.3) is 10.2 Å². The molecule has 0 bridgehead atoms. The van der Waals surface area contributed by atoms with Crippen LogP contribution < -0.4 is 20.1 Å². The molecule has 2 amide bonds. The largest absolute Gasteiger partial charge is 0.336 e. The molecule has 2 rings (SSSR count). The van der Waals surface area contributed by atoms with Crippen LogP contribution in [0.15, 0.2) is 24.3 Å². The van der Waals surface area contributed by atoms with Crippen molar-refractivity contribution in [2.45, 2.75) is 0 Å². The molecule has 0 atom stereocenters. The highest BCUT2D eigenvalue weighted by molar-refractivity contribution is 7.90. The van der Waals surface area contributed by atoms with Gasteiger partial charge in [-0.3, -0.25) is 9.62 Å². The fourth-order valence-corrected chi connectivity index (χ4v) is 2.08. The Morgan fingerprint density at radius 1 is 1.41 bits per heavy atom. The van der Waals surface area contributed by atoms with Crippen molar-refractivity contribution in [3.63, 3.8) is 0 Å². The second-order valence-electron chi connectivity index (χ2n) is 3.58. The van der Waals surface area contributed by atoms with E-state index in [9.17, 15) is 13.2 Å². The van der Waals surface area contributed by atoms with E-state index in [1.54, 1.807) is 24.3 Å². The van der Waals surface area contributed by atoms with E-state index in [0.29, 0.717) is 24.5 Å². The van der Waals surface area contributed by atoms with Crippen LogP contribution in [0.5, 0.6) is 0 Å². The first-order valence-electron chi connectivity index (χ1n) is 4.92. The van der Waals surface area contributed by atoms with E-state index in [1.165, 1.54) is 4.90 Å². The fourth-order valence-electron chi connectivity index (χ4n) is 1.62.